The van der Waals surface area contributed by atoms with E-state index in [1.807, 2.05) is 71.6 Å². The highest BCUT2D eigenvalue weighted by Gasteiger charge is 2.51. The number of fused-ring (bicyclic) bond motifs is 2. The molecule has 214 valence electrons. The molecule has 0 radical (unpaired) electrons. The lowest BCUT2D eigenvalue weighted by molar-refractivity contribution is -0.157. The Morgan fingerprint density at radius 3 is 2.40 bits per heavy atom. The fraction of sp³-hybridized carbons (Fsp3) is 0.242. The standard InChI is InChI=1S/C33H34N6O3/c1-36(33(42)35-19-24-8-3-2-4-9-24)38-22-31(40)39-29(18-23-14-16-27(34)17-15-23)32(41)37(21-30(38)39)20-26-12-7-11-25-10-5-6-13-28(25)26/h2-17,29-30H,18-22,34H2,1H3,(H,35,42)/t29-,30+/m0/s1. The van der Waals surface area contributed by atoms with Crippen LogP contribution in [-0.4, -0.2) is 70.0 Å². The summed E-state index contributed by atoms with van der Waals surface area (Å²) in [6, 6.07) is 30.2. The van der Waals surface area contributed by atoms with Gasteiger partial charge < -0.3 is 20.9 Å². The van der Waals surface area contributed by atoms with Gasteiger partial charge in [0.2, 0.25) is 11.8 Å². The number of carbonyl (C=O) groups is 3. The Morgan fingerprint density at radius 2 is 1.62 bits per heavy atom. The molecule has 2 aliphatic heterocycles. The number of rotatable bonds is 7. The van der Waals surface area contributed by atoms with Gasteiger partial charge in [-0.05, 0) is 39.6 Å². The van der Waals surface area contributed by atoms with Gasteiger partial charge in [0, 0.05) is 32.2 Å². The minimum atomic E-state index is -0.708. The van der Waals surface area contributed by atoms with Crippen molar-refractivity contribution < 1.29 is 14.4 Å². The summed E-state index contributed by atoms with van der Waals surface area (Å²) in [4.78, 5) is 44.3. The second kappa shape index (κ2) is 11.5. The lowest BCUT2D eigenvalue weighted by Crippen LogP contribution is -2.65. The molecule has 0 spiro atoms. The molecule has 0 saturated carbocycles. The number of nitrogen functional groups attached to an aromatic ring is 1. The van der Waals surface area contributed by atoms with Crippen LogP contribution in [0.1, 0.15) is 16.7 Å². The third kappa shape index (κ3) is 5.38. The molecule has 2 fully saturated rings. The lowest BCUT2D eigenvalue weighted by atomic mass is 9.99. The zero-order valence-corrected chi connectivity index (χ0v) is 23.5. The second-order valence-electron chi connectivity index (χ2n) is 10.9. The first kappa shape index (κ1) is 27.3. The number of urea groups is 1. The molecule has 4 aromatic carbocycles. The number of amides is 4. The highest BCUT2D eigenvalue weighted by Crippen LogP contribution is 2.31. The van der Waals surface area contributed by atoms with Gasteiger partial charge >= 0.3 is 6.03 Å². The average Bonchev–Trinajstić information content (AvgIpc) is 3.34. The number of nitrogens with zero attached hydrogens (tertiary/aromatic N) is 4. The van der Waals surface area contributed by atoms with Crippen LogP contribution in [0.4, 0.5) is 10.5 Å². The second-order valence-corrected chi connectivity index (χ2v) is 10.9. The molecule has 2 aliphatic rings. The van der Waals surface area contributed by atoms with Gasteiger partial charge in [-0.3, -0.25) is 14.6 Å². The molecule has 2 heterocycles. The van der Waals surface area contributed by atoms with Crippen LogP contribution in [0.25, 0.3) is 10.8 Å². The number of nitrogens with one attached hydrogen (secondary N) is 1. The maximum atomic E-state index is 14.1. The van der Waals surface area contributed by atoms with Crippen LogP contribution in [0.5, 0.6) is 0 Å². The number of hydrogen-bond acceptors (Lipinski definition) is 5. The number of benzene rings is 4. The third-order valence-corrected chi connectivity index (χ3v) is 8.18. The summed E-state index contributed by atoms with van der Waals surface area (Å²) in [5.41, 5.74) is 9.46. The van der Waals surface area contributed by atoms with E-state index in [1.165, 1.54) is 5.01 Å². The van der Waals surface area contributed by atoms with Crippen LogP contribution in [0.15, 0.2) is 97.1 Å². The van der Waals surface area contributed by atoms with E-state index in [-0.39, 0.29) is 30.9 Å². The maximum absolute atomic E-state index is 14.1. The van der Waals surface area contributed by atoms with Gasteiger partial charge in [0.15, 0.2) is 0 Å². The molecular weight excluding hydrogens is 528 g/mol. The molecule has 9 heteroatoms. The van der Waals surface area contributed by atoms with E-state index in [4.69, 9.17) is 5.73 Å². The Kier molecular flexibility index (Phi) is 7.50. The predicted octanol–water partition coefficient (Wildman–Crippen LogP) is 3.60. The van der Waals surface area contributed by atoms with Crippen molar-refractivity contribution in [1.82, 2.24) is 25.1 Å². The van der Waals surface area contributed by atoms with Crippen LogP contribution in [0, 0.1) is 0 Å². The number of hydrogen-bond donors (Lipinski definition) is 2. The molecule has 42 heavy (non-hydrogen) atoms. The summed E-state index contributed by atoms with van der Waals surface area (Å²) in [5.74, 6) is -0.288. The molecule has 2 saturated heterocycles. The Morgan fingerprint density at radius 1 is 0.905 bits per heavy atom. The molecule has 4 aromatic rings. The van der Waals surface area contributed by atoms with E-state index >= 15 is 0 Å². The molecule has 6 rings (SSSR count). The zero-order valence-electron chi connectivity index (χ0n) is 23.5. The van der Waals surface area contributed by atoms with E-state index < -0.39 is 12.2 Å². The molecule has 4 amide bonds. The summed E-state index contributed by atoms with van der Waals surface area (Å²) in [6.07, 6.45) is -0.137. The molecule has 0 aromatic heterocycles. The largest absolute Gasteiger partial charge is 0.399 e. The Labute approximate surface area is 245 Å². The molecule has 2 atom stereocenters. The SMILES string of the molecule is CN(C(=O)NCc1ccccc1)N1CC(=O)N2[C@@H](Cc3ccc(N)cc3)C(=O)N(Cc3cccc4ccccc34)C[C@@H]21. The van der Waals surface area contributed by atoms with E-state index in [0.29, 0.717) is 25.2 Å². The third-order valence-electron chi connectivity index (χ3n) is 8.18. The van der Waals surface area contributed by atoms with Gasteiger partial charge in [0.05, 0.1) is 13.1 Å². The van der Waals surface area contributed by atoms with Gasteiger partial charge in [-0.25, -0.2) is 4.79 Å². The number of hydrazine groups is 1. The normalized spacial score (nSPS) is 18.8. The van der Waals surface area contributed by atoms with Crippen molar-refractivity contribution in [1.29, 1.82) is 0 Å². The molecule has 0 unspecified atom stereocenters. The monoisotopic (exact) mass is 562 g/mol. The Bertz CT molecular complexity index is 1600. The van der Waals surface area contributed by atoms with Crippen LogP contribution in [0.2, 0.25) is 0 Å². The molecule has 0 aliphatic carbocycles. The maximum Gasteiger partial charge on any atom is 0.332 e. The Balaban J connectivity index is 1.28. The predicted molar refractivity (Wildman–Crippen MR) is 161 cm³/mol. The van der Waals surface area contributed by atoms with Gasteiger partial charge in [-0.15, -0.1) is 0 Å². The van der Waals surface area contributed by atoms with E-state index in [0.717, 1.165) is 27.5 Å². The quantitative estimate of drug-likeness (QED) is 0.335. The summed E-state index contributed by atoms with van der Waals surface area (Å²) in [6.45, 7) is 1.05. The highest BCUT2D eigenvalue weighted by molar-refractivity contribution is 5.92. The molecular formula is C33H34N6O3. The number of carbonyl (C=O) groups excluding carboxylic acids is 3. The smallest absolute Gasteiger partial charge is 0.332 e. The molecule has 3 N–H and O–H groups in total. The van der Waals surface area contributed by atoms with Crippen LogP contribution in [0.3, 0.4) is 0 Å². The number of anilines is 1. The highest BCUT2D eigenvalue weighted by atomic mass is 16.2. The first-order valence-electron chi connectivity index (χ1n) is 14.1. The van der Waals surface area contributed by atoms with Crippen LogP contribution in [-0.2, 0) is 29.1 Å². The van der Waals surface area contributed by atoms with Gasteiger partial charge in [-0.1, -0.05) is 84.9 Å². The van der Waals surface area contributed by atoms with Gasteiger partial charge in [0.25, 0.3) is 0 Å². The topological polar surface area (TPSA) is 102 Å². The van der Waals surface area contributed by atoms with Crippen molar-refractivity contribution in [3.63, 3.8) is 0 Å². The van der Waals surface area contributed by atoms with Crippen molar-refractivity contribution in [3.05, 3.63) is 114 Å². The number of piperazine rings is 1. The Hall–Kier alpha value is -4.89. The first-order valence-corrected chi connectivity index (χ1v) is 14.1. The van der Waals surface area contributed by atoms with Crippen molar-refractivity contribution in [2.24, 2.45) is 0 Å². The summed E-state index contributed by atoms with van der Waals surface area (Å²) < 4.78 is 0. The summed E-state index contributed by atoms with van der Waals surface area (Å²) >= 11 is 0. The fourth-order valence-electron chi connectivity index (χ4n) is 5.97. The minimum Gasteiger partial charge on any atom is -0.399 e. The van der Waals surface area contributed by atoms with Crippen molar-refractivity contribution in [2.45, 2.75) is 31.7 Å². The first-order chi connectivity index (χ1) is 20.4. The van der Waals surface area contributed by atoms with Crippen LogP contribution < -0.4 is 11.1 Å². The van der Waals surface area contributed by atoms with Crippen molar-refractivity contribution >= 4 is 34.3 Å². The average molecular weight is 563 g/mol. The lowest BCUT2D eigenvalue weighted by Gasteiger charge is -2.46. The van der Waals surface area contributed by atoms with E-state index in [1.54, 1.807) is 29.1 Å². The summed E-state index contributed by atoms with van der Waals surface area (Å²) in [5, 5.41) is 8.37. The summed E-state index contributed by atoms with van der Waals surface area (Å²) in [7, 11) is 1.66. The van der Waals surface area contributed by atoms with Gasteiger partial charge in [-0.2, -0.15) is 5.01 Å². The minimum absolute atomic E-state index is 0.00749. The van der Waals surface area contributed by atoms with Crippen LogP contribution >= 0.6 is 0 Å². The van der Waals surface area contributed by atoms with Crippen molar-refractivity contribution in [3.8, 4) is 0 Å². The van der Waals surface area contributed by atoms with E-state index in [9.17, 15) is 14.4 Å². The number of nitrogens with two attached hydrogens (primary N) is 1. The zero-order chi connectivity index (χ0) is 29.2. The molecule has 9 nitrogen and oxygen atoms in total. The van der Waals surface area contributed by atoms with E-state index in [2.05, 4.69) is 23.5 Å². The van der Waals surface area contributed by atoms with Gasteiger partial charge in [0.1, 0.15) is 12.2 Å². The fourth-order valence-corrected chi connectivity index (χ4v) is 5.97. The van der Waals surface area contributed by atoms with Crippen molar-refractivity contribution in [2.75, 3.05) is 25.9 Å². The molecule has 0 bridgehead atoms.